The van der Waals surface area contributed by atoms with Crippen LogP contribution in [0.2, 0.25) is 0 Å². The van der Waals surface area contributed by atoms with Crippen LogP contribution in [0.15, 0.2) is 36.7 Å². The Balaban J connectivity index is 1.21. The van der Waals surface area contributed by atoms with Crippen molar-refractivity contribution in [2.75, 3.05) is 38.0 Å². The molecular formula is C27H30F2N8. The molecule has 10 heteroatoms. The van der Waals surface area contributed by atoms with E-state index in [-0.39, 0.29) is 11.6 Å². The van der Waals surface area contributed by atoms with Crippen molar-refractivity contribution in [1.82, 2.24) is 34.3 Å². The zero-order valence-electron chi connectivity index (χ0n) is 21.1. The number of benzene rings is 1. The third-order valence-electron chi connectivity index (χ3n) is 7.24. The summed E-state index contributed by atoms with van der Waals surface area (Å²) in [5, 5.41) is 3.05. The number of likely N-dealkylation sites (N-methyl/N-ethyl adjacent to an activating group) is 1. The van der Waals surface area contributed by atoms with Crippen molar-refractivity contribution in [1.29, 1.82) is 0 Å². The maximum Gasteiger partial charge on any atom is 0.229 e. The molecule has 0 radical (unpaired) electrons. The van der Waals surface area contributed by atoms with Gasteiger partial charge in [-0.15, -0.1) is 0 Å². The Kier molecular flexibility index (Phi) is 6.29. The lowest BCUT2D eigenvalue weighted by Gasteiger charge is -2.33. The summed E-state index contributed by atoms with van der Waals surface area (Å²) in [6.45, 7) is 10.3. The van der Waals surface area contributed by atoms with Crippen LogP contribution in [0.3, 0.4) is 0 Å². The van der Waals surface area contributed by atoms with Crippen molar-refractivity contribution >= 4 is 22.8 Å². The molecule has 0 amide bonds. The Hall–Kier alpha value is -3.50. The summed E-state index contributed by atoms with van der Waals surface area (Å²) in [5.41, 5.74) is 2.47. The van der Waals surface area contributed by atoms with E-state index in [0.29, 0.717) is 28.5 Å². The third-order valence-corrected chi connectivity index (χ3v) is 7.24. The Bertz CT molecular complexity index is 1420. The topological polar surface area (TPSA) is 75.0 Å². The summed E-state index contributed by atoms with van der Waals surface area (Å²) in [6, 6.07) is 7.26. The first-order valence-corrected chi connectivity index (χ1v) is 12.9. The van der Waals surface area contributed by atoms with Crippen LogP contribution >= 0.6 is 0 Å². The molecule has 1 aliphatic heterocycles. The van der Waals surface area contributed by atoms with Gasteiger partial charge in [-0.3, -0.25) is 4.90 Å². The van der Waals surface area contributed by atoms with Crippen LogP contribution in [0, 0.1) is 18.6 Å². The van der Waals surface area contributed by atoms with Gasteiger partial charge in [-0.1, -0.05) is 13.0 Å². The summed E-state index contributed by atoms with van der Waals surface area (Å²) in [6.07, 6.45) is 5.01. The molecule has 1 N–H and O–H groups in total. The van der Waals surface area contributed by atoms with Gasteiger partial charge in [0.05, 0.1) is 11.7 Å². The van der Waals surface area contributed by atoms with Crippen LogP contribution in [0.1, 0.15) is 37.2 Å². The highest BCUT2D eigenvalue weighted by Crippen LogP contribution is 2.40. The Morgan fingerprint density at radius 2 is 1.73 bits per heavy atom. The van der Waals surface area contributed by atoms with Crippen molar-refractivity contribution in [2.45, 2.75) is 39.3 Å². The largest absolute Gasteiger partial charge is 0.325 e. The predicted octanol–water partition coefficient (Wildman–Crippen LogP) is 4.69. The highest BCUT2D eigenvalue weighted by Gasteiger charge is 2.28. The molecule has 192 valence electrons. The van der Waals surface area contributed by atoms with Gasteiger partial charge < -0.3 is 14.8 Å². The van der Waals surface area contributed by atoms with Gasteiger partial charge in [0.25, 0.3) is 0 Å². The summed E-state index contributed by atoms with van der Waals surface area (Å²) < 4.78 is 31.8. The number of pyridine rings is 1. The quantitative estimate of drug-likeness (QED) is 0.391. The molecule has 0 atom stereocenters. The highest BCUT2D eigenvalue weighted by atomic mass is 19.1. The number of aromatic nitrogens is 5. The number of imidazole rings is 1. The van der Waals surface area contributed by atoms with Gasteiger partial charge >= 0.3 is 0 Å². The van der Waals surface area contributed by atoms with Crippen LogP contribution in [-0.4, -0.2) is 67.0 Å². The molecule has 8 nitrogen and oxygen atoms in total. The fourth-order valence-corrected chi connectivity index (χ4v) is 5.06. The number of hydrogen-bond donors (Lipinski definition) is 1. The van der Waals surface area contributed by atoms with E-state index in [9.17, 15) is 8.78 Å². The molecule has 1 saturated heterocycles. The lowest BCUT2D eigenvalue weighted by Crippen LogP contribution is -2.45. The van der Waals surface area contributed by atoms with Crippen molar-refractivity contribution in [3.8, 4) is 11.3 Å². The summed E-state index contributed by atoms with van der Waals surface area (Å²) in [4.78, 5) is 22.2. The monoisotopic (exact) mass is 504 g/mol. The lowest BCUT2D eigenvalue weighted by atomic mass is 10.1. The predicted molar refractivity (Wildman–Crippen MR) is 139 cm³/mol. The van der Waals surface area contributed by atoms with E-state index >= 15 is 0 Å². The molecule has 4 heterocycles. The van der Waals surface area contributed by atoms with Crippen LogP contribution in [-0.2, 0) is 6.54 Å². The average Bonchev–Trinajstić information content (AvgIpc) is 3.68. The molecule has 2 aliphatic rings. The number of piperazine rings is 1. The maximum atomic E-state index is 15.0. The third kappa shape index (κ3) is 4.91. The van der Waals surface area contributed by atoms with Gasteiger partial charge in [0.1, 0.15) is 22.9 Å². The van der Waals surface area contributed by atoms with Gasteiger partial charge in [-0.2, -0.15) is 0 Å². The van der Waals surface area contributed by atoms with E-state index in [4.69, 9.17) is 0 Å². The summed E-state index contributed by atoms with van der Waals surface area (Å²) >= 11 is 0. The molecule has 0 spiro atoms. The van der Waals surface area contributed by atoms with E-state index in [1.165, 1.54) is 6.07 Å². The second-order valence-electron chi connectivity index (χ2n) is 9.86. The van der Waals surface area contributed by atoms with Crippen molar-refractivity contribution in [3.05, 3.63) is 59.7 Å². The van der Waals surface area contributed by atoms with Crippen LogP contribution < -0.4 is 5.32 Å². The molecule has 37 heavy (non-hydrogen) atoms. The standard InChI is InChI=1S/C27H30F2N8/c1-3-35-8-10-36(11-9-35)16-18-4-7-24(30-14-18)33-27-31-15-22(29)25(34-27)19-12-21(28)26-23(13-19)37(17(2)32-26)20-5-6-20/h4,7,12-15,20H,3,5-6,8-11,16H2,1-2H3,(H,30,31,33,34). The summed E-state index contributed by atoms with van der Waals surface area (Å²) in [7, 11) is 0. The van der Waals surface area contributed by atoms with Gasteiger partial charge in [0, 0.05) is 50.5 Å². The second-order valence-corrected chi connectivity index (χ2v) is 9.86. The maximum absolute atomic E-state index is 15.0. The Morgan fingerprint density at radius 3 is 2.43 bits per heavy atom. The van der Waals surface area contributed by atoms with Crippen LogP contribution in [0.4, 0.5) is 20.5 Å². The average molecular weight is 505 g/mol. The zero-order valence-corrected chi connectivity index (χ0v) is 21.1. The normalized spacial score (nSPS) is 17.0. The van der Waals surface area contributed by atoms with Gasteiger partial charge in [0.15, 0.2) is 11.6 Å². The number of rotatable bonds is 7. The first kappa shape index (κ1) is 23.9. The minimum atomic E-state index is -0.620. The van der Waals surface area contributed by atoms with E-state index < -0.39 is 11.6 Å². The molecule has 1 aromatic carbocycles. The van der Waals surface area contributed by atoms with Crippen molar-refractivity contribution < 1.29 is 8.78 Å². The fourth-order valence-electron chi connectivity index (χ4n) is 5.06. The highest BCUT2D eigenvalue weighted by molar-refractivity contribution is 5.83. The number of hydrogen-bond acceptors (Lipinski definition) is 7. The Labute approximate surface area is 214 Å². The number of nitrogens with one attached hydrogen (secondary N) is 1. The lowest BCUT2D eigenvalue weighted by molar-refractivity contribution is 0.132. The smallest absolute Gasteiger partial charge is 0.229 e. The first-order chi connectivity index (χ1) is 18.0. The van der Waals surface area contributed by atoms with Gasteiger partial charge in [-0.25, -0.2) is 28.7 Å². The van der Waals surface area contributed by atoms with Gasteiger partial charge in [0.2, 0.25) is 5.95 Å². The van der Waals surface area contributed by atoms with Crippen LogP contribution in [0.25, 0.3) is 22.3 Å². The SMILES string of the molecule is CCN1CCN(Cc2ccc(Nc3ncc(F)c(-c4cc(F)c5nc(C)n(C6CC6)c5c4)n3)nc2)CC1. The van der Waals surface area contributed by atoms with E-state index in [0.717, 1.165) is 69.7 Å². The molecule has 1 aliphatic carbocycles. The molecule has 0 bridgehead atoms. The second kappa shape index (κ2) is 9.75. The molecule has 0 unspecified atom stereocenters. The number of anilines is 2. The van der Waals surface area contributed by atoms with E-state index in [2.05, 4.69) is 42.0 Å². The molecule has 6 rings (SSSR count). The molecular weight excluding hydrogens is 474 g/mol. The number of halogens is 2. The summed E-state index contributed by atoms with van der Waals surface area (Å²) in [5.74, 6) is 0.401. The minimum absolute atomic E-state index is 0.0299. The first-order valence-electron chi connectivity index (χ1n) is 12.9. The molecule has 4 aromatic rings. The van der Waals surface area contributed by atoms with E-state index in [1.807, 2.05) is 29.8 Å². The number of aryl methyl sites for hydroxylation is 1. The molecule has 3 aromatic heterocycles. The minimum Gasteiger partial charge on any atom is -0.325 e. The fraction of sp³-hybridized carbons (Fsp3) is 0.407. The van der Waals surface area contributed by atoms with E-state index in [1.54, 1.807) is 6.07 Å². The van der Waals surface area contributed by atoms with Crippen molar-refractivity contribution in [3.63, 3.8) is 0 Å². The van der Waals surface area contributed by atoms with Crippen LogP contribution in [0.5, 0.6) is 0 Å². The zero-order chi connectivity index (χ0) is 25.5. The Morgan fingerprint density at radius 1 is 0.946 bits per heavy atom. The molecule has 2 fully saturated rings. The molecule has 1 saturated carbocycles. The van der Waals surface area contributed by atoms with Gasteiger partial charge in [-0.05, 0) is 50.1 Å². The number of fused-ring (bicyclic) bond motifs is 1. The number of nitrogens with zero attached hydrogens (tertiary/aromatic N) is 7. The van der Waals surface area contributed by atoms with Crippen molar-refractivity contribution in [2.24, 2.45) is 0 Å².